The van der Waals surface area contributed by atoms with Gasteiger partial charge in [0.05, 0.1) is 11.3 Å². The second-order valence-corrected chi connectivity index (χ2v) is 4.71. The van der Waals surface area contributed by atoms with Crippen LogP contribution in [0.15, 0.2) is 47.1 Å². The number of benzene rings is 1. The smallest absolute Gasteiger partial charge is 0.287 e. The van der Waals surface area contributed by atoms with Crippen molar-refractivity contribution in [3.05, 3.63) is 53.4 Å². The van der Waals surface area contributed by atoms with Crippen LogP contribution in [0.4, 0.5) is 0 Å². The maximum Gasteiger partial charge on any atom is 0.287 e. The van der Waals surface area contributed by atoms with Gasteiger partial charge in [0.25, 0.3) is 11.8 Å². The Kier molecular flexibility index (Phi) is 5.85. The summed E-state index contributed by atoms with van der Waals surface area (Å²) in [5.74, 6) is 0.0533. The van der Waals surface area contributed by atoms with E-state index in [1.54, 1.807) is 36.4 Å². The van der Waals surface area contributed by atoms with E-state index in [9.17, 15) is 9.59 Å². The molecule has 0 aliphatic carbocycles. The zero-order valence-corrected chi connectivity index (χ0v) is 12.4. The third-order valence-corrected chi connectivity index (χ3v) is 2.99. The van der Waals surface area contributed by atoms with E-state index in [0.717, 1.165) is 0 Å². The summed E-state index contributed by atoms with van der Waals surface area (Å²) in [6.45, 7) is 0.435. The summed E-state index contributed by atoms with van der Waals surface area (Å²) in [6.07, 6.45) is 1.42. The van der Waals surface area contributed by atoms with Gasteiger partial charge in [-0.15, -0.1) is 0 Å². The minimum Gasteiger partial charge on any atom is -0.482 e. The van der Waals surface area contributed by atoms with E-state index in [0.29, 0.717) is 10.8 Å². The Labute approximate surface area is 132 Å². The molecule has 0 aliphatic heterocycles. The van der Waals surface area contributed by atoms with E-state index < -0.39 is 0 Å². The second kappa shape index (κ2) is 8.09. The lowest BCUT2D eigenvalue weighted by molar-refractivity contribution is -0.123. The number of furan rings is 1. The topological polar surface area (TPSA) is 80.6 Å². The van der Waals surface area contributed by atoms with Gasteiger partial charge in [-0.3, -0.25) is 9.59 Å². The Balaban J connectivity index is 1.62. The molecule has 0 atom stereocenters. The van der Waals surface area contributed by atoms with Gasteiger partial charge >= 0.3 is 0 Å². The van der Waals surface area contributed by atoms with Crippen LogP contribution in [0.2, 0.25) is 5.02 Å². The van der Waals surface area contributed by atoms with Gasteiger partial charge < -0.3 is 19.8 Å². The van der Waals surface area contributed by atoms with Gasteiger partial charge in [0, 0.05) is 13.1 Å². The molecule has 1 aromatic heterocycles. The van der Waals surface area contributed by atoms with Crippen LogP contribution in [0.5, 0.6) is 5.75 Å². The predicted molar refractivity (Wildman–Crippen MR) is 81.0 cm³/mol. The molecule has 0 saturated heterocycles. The maximum atomic E-state index is 11.6. The molecule has 0 saturated carbocycles. The highest BCUT2D eigenvalue weighted by Crippen LogP contribution is 2.22. The third kappa shape index (κ3) is 4.82. The quantitative estimate of drug-likeness (QED) is 0.762. The maximum absolute atomic E-state index is 11.6. The standard InChI is InChI=1S/C15H15ClN2O4/c16-11-4-1-2-5-12(11)22-10-14(19)17-7-8-18-15(20)13-6-3-9-21-13/h1-6,9H,7-8,10H2,(H,17,19)(H,18,20). The van der Waals surface area contributed by atoms with Gasteiger partial charge in [-0.25, -0.2) is 0 Å². The van der Waals surface area contributed by atoms with Crippen LogP contribution in [0.1, 0.15) is 10.6 Å². The molecule has 6 nitrogen and oxygen atoms in total. The average Bonchev–Trinajstić information content (AvgIpc) is 3.05. The summed E-state index contributed by atoms with van der Waals surface area (Å²) >= 11 is 5.91. The van der Waals surface area contributed by atoms with Crippen LogP contribution >= 0.6 is 11.6 Å². The fourth-order valence-corrected chi connectivity index (χ4v) is 1.82. The monoisotopic (exact) mass is 322 g/mol. The van der Waals surface area contributed by atoms with Crippen LogP contribution in [0.3, 0.4) is 0 Å². The van der Waals surface area contributed by atoms with Crippen molar-refractivity contribution in [1.82, 2.24) is 10.6 Å². The lowest BCUT2D eigenvalue weighted by Gasteiger charge is -2.08. The van der Waals surface area contributed by atoms with Gasteiger partial charge in [0.15, 0.2) is 12.4 Å². The van der Waals surface area contributed by atoms with E-state index in [1.807, 2.05) is 0 Å². The fourth-order valence-electron chi connectivity index (χ4n) is 1.63. The number of ether oxygens (including phenoxy) is 1. The van der Waals surface area contributed by atoms with E-state index in [-0.39, 0.29) is 37.3 Å². The number of carbonyl (C=O) groups excluding carboxylic acids is 2. The summed E-state index contributed by atoms with van der Waals surface area (Å²) in [5.41, 5.74) is 0. The molecule has 1 heterocycles. The predicted octanol–water partition coefficient (Wildman–Crippen LogP) is 1.86. The van der Waals surface area contributed by atoms with Crippen molar-refractivity contribution in [2.75, 3.05) is 19.7 Å². The van der Waals surface area contributed by atoms with Crippen molar-refractivity contribution in [1.29, 1.82) is 0 Å². The highest BCUT2D eigenvalue weighted by Gasteiger charge is 2.08. The largest absolute Gasteiger partial charge is 0.482 e. The van der Waals surface area contributed by atoms with Crippen LogP contribution in [-0.2, 0) is 4.79 Å². The average molecular weight is 323 g/mol. The van der Waals surface area contributed by atoms with E-state index in [1.165, 1.54) is 6.26 Å². The molecule has 2 rings (SSSR count). The molecule has 0 aliphatic rings. The van der Waals surface area contributed by atoms with Crippen LogP contribution < -0.4 is 15.4 Å². The molecule has 116 valence electrons. The summed E-state index contributed by atoms with van der Waals surface area (Å²) in [5, 5.41) is 5.68. The van der Waals surface area contributed by atoms with Crippen LogP contribution in [0.25, 0.3) is 0 Å². The lowest BCUT2D eigenvalue weighted by atomic mass is 10.3. The minimum absolute atomic E-state index is 0.143. The molecule has 0 spiro atoms. The van der Waals surface area contributed by atoms with E-state index in [2.05, 4.69) is 10.6 Å². The molecule has 2 aromatic rings. The molecule has 0 unspecified atom stereocenters. The third-order valence-electron chi connectivity index (χ3n) is 2.67. The van der Waals surface area contributed by atoms with Crippen molar-refractivity contribution in [2.24, 2.45) is 0 Å². The van der Waals surface area contributed by atoms with Crippen molar-refractivity contribution in [3.8, 4) is 5.75 Å². The first kappa shape index (κ1) is 15.9. The molecule has 0 radical (unpaired) electrons. The van der Waals surface area contributed by atoms with Gasteiger partial charge in [-0.05, 0) is 24.3 Å². The zero-order chi connectivity index (χ0) is 15.8. The first-order valence-electron chi connectivity index (χ1n) is 6.62. The van der Waals surface area contributed by atoms with E-state index >= 15 is 0 Å². The van der Waals surface area contributed by atoms with Crippen LogP contribution in [-0.4, -0.2) is 31.5 Å². The normalized spacial score (nSPS) is 10.0. The molecule has 7 heteroatoms. The highest BCUT2D eigenvalue weighted by molar-refractivity contribution is 6.32. The molecule has 1 aromatic carbocycles. The zero-order valence-electron chi connectivity index (χ0n) is 11.7. The number of hydrogen-bond donors (Lipinski definition) is 2. The minimum atomic E-state index is -0.327. The number of nitrogens with one attached hydrogen (secondary N) is 2. The van der Waals surface area contributed by atoms with Crippen molar-refractivity contribution in [2.45, 2.75) is 0 Å². The molecule has 2 amide bonds. The molecular formula is C15H15ClN2O4. The first-order chi connectivity index (χ1) is 10.7. The van der Waals surface area contributed by atoms with Crippen molar-refractivity contribution < 1.29 is 18.7 Å². The number of para-hydroxylation sites is 1. The van der Waals surface area contributed by atoms with Gasteiger partial charge in [0.1, 0.15) is 5.75 Å². The highest BCUT2D eigenvalue weighted by atomic mass is 35.5. The van der Waals surface area contributed by atoms with Crippen molar-refractivity contribution >= 4 is 23.4 Å². The van der Waals surface area contributed by atoms with Gasteiger partial charge in [-0.1, -0.05) is 23.7 Å². The van der Waals surface area contributed by atoms with Gasteiger partial charge in [0.2, 0.25) is 0 Å². The number of hydrogen-bond acceptors (Lipinski definition) is 4. The molecule has 0 fully saturated rings. The molecular weight excluding hydrogens is 308 g/mol. The van der Waals surface area contributed by atoms with E-state index in [4.69, 9.17) is 20.8 Å². The number of amides is 2. The summed E-state index contributed by atoms with van der Waals surface area (Å²) in [6, 6.07) is 10.1. The molecule has 2 N–H and O–H groups in total. The summed E-state index contributed by atoms with van der Waals surface area (Å²) in [4.78, 5) is 23.1. The Morgan fingerprint density at radius 2 is 1.86 bits per heavy atom. The first-order valence-corrected chi connectivity index (χ1v) is 7.00. The summed E-state index contributed by atoms with van der Waals surface area (Å²) in [7, 11) is 0. The Hall–Kier alpha value is -2.47. The fraction of sp³-hybridized carbons (Fsp3) is 0.200. The van der Waals surface area contributed by atoms with Gasteiger partial charge in [-0.2, -0.15) is 0 Å². The number of rotatable bonds is 7. The number of carbonyl (C=O) groups is 2. The summed E-state index contributed by atoms with van der Waals surface area (Å²) < 4.78 is 10.2. The SMILES string of the molecule is O=C(COc1ccccc1Cl)NCCNC(=O)c1ccco1. The second-order valence-electron chi connectivity index (χ2n) is 4.30. The number of halogens is 1. The Morgan fingerprint density at radius 3 is 2.59 bits per heavy atom. The lowest BCUT2D eigenvalue weighted by Crippen LogP contribution is -2.36. The van der Waals surface area contributed by atoms with Crippen molar-refractivity contribution in [3.63, 3.8) is 0 Å². The van der Waals surface area contributed by atoms with Crippen LogP contribution in [0, 0.1) is 0 Å². The molecule has 22 heavy (non-hydrogen) atoms. The Morgan fingerprint density at radius 1 is 1.09 bits per heavy atom. The molecule has 0 bridgehead atoms. The Bertz CT molecular complexity index is 628.